The van der Waals surface area contributed by atoms with E-state index in [4.69, 9.17) is 5.73 Å². The van der Waals surface area contributed by atoms with Crippen LogP contribution in [-0.4, -0.2) is 18.5 Å². The van der Waals surface area contributed by atoms with Gasteiger partial charge in [-0.15, -0.1) is 0 Å². The summed E-state index contributed by atoms with van der Waals surface area (Å²) < 4.78 is 0. The molecule has 1 aliphatic heterocycles. The predicted molar refractivity (Wildman–Crippen MR) is 44.0 cm³/mol. The van der Waals surface area contributed by atoms with Crippen molar-refractivity contribution in [3.63, 3.8) is 0 Å². The molecule has 1 aliphatic rings. The molecular formula is C8H16N2O. The van der Waals surface area contributed by atoms with Gasteiger partial charge in [-0.1, -0.05) is 6.92 Å². The molecule has 3 N–H and O–H groups in total. The topological polar surface area (TPSA) is 55.1 Å². The average molecular weight is 156 g/mol. The second-order valence-electron chi connectivity index (χ2n) is 3.28. The zero-order chi connectivity index (χ0) is 8.27. The number of carbonyl (C=O) groups excluding carboxylic acids is 1. The van der Waals surface area contributed by atoms with Crippen LogP contribution in [0.1, 0.15) is 26.2 Å². The van der Waals surface area contributed by atoms with Gasteiger partial charge in [0, 0.05) is 12.5 Å². The number of nitrogens with one attached hydrogen (secondary N) is 1. The first kappa shape index (κ1) is 8.53. The summed E-state index contributed by atoms with van der Waals surface area (Å²) in [6.45, 7) is 2.74. The molecule has 0 aromatic carbocycles. The molecular weight excluding hydrogens is 140 g/mol. The van der Waals surface area contributed by atoms with Crippen molar-refractivity contribution in [3.05, 3.63) is 0 Å². The highest BCUT2D eigenvalue weighted by Gasteiger charge is 2.21. The minimum Gasteiger partial charge on any atom is -0.353 e. The summed E-state index contributed by atoms with van der Waals surface area (Å²) >= 11 is 0. The molecule has 1 amide bonds. The van der Waals surface area contributed by atoms with Crippen molar-refractivity contribution >= 4 is 5.91 Å². The molecule has 0 spiro atoms. The minimum absolute atomic E-state index is 0.182. The van der Waals surface area contributed by atoms with Gasteiger partial charge in [0.1, 0.15) is 0 Å². The summed E-state index contributed by atoms with van der Waals surface area (Å²) in [5.41, 5.74) is 5.50. The first-order chi connectivity index (χ1) is 5.24. The van der Waals surface area contributed by atoms with Crippen LogP contribution in [0.2, 0.25) is 0 Å². The van der Waals surface area contributed by atoms with Crippen LogP contribution >= 0.6 is 0 Å². The van der Waals surface area contributed by atoms with Crippen LogP contribution in [0, 0.1) is 5.92 Å². The van der Waals surface area contributed by atoms with Gasteiger partial charge in [-0.3, -0.25) is 4.79 Å². The lowest BCUT2D eigenvalue weighted by atomic mass is 9.93. The summed E-state index contributed by atoms with van der Waals surface area (Å²) in [5, 5.41) is 2.95. The molecule has 0 aliphatic carbocycles. The van der Waals surface area contributed by atoms with Crippen LogP contribution in [0.15, 0.2) is 0 Å². The van der Waals surface area contributed by atoms with E-state index in [-0.39, 0.29) is 5.91 Å². The fraction of sp³-hybridized carbons (Fsp3) is 0.875. The second kappa shape index (κ2) is 3.72. The zero-order valence-corrected chi connectivity index (χ0v) is 6.97. The monoisotopic (exact) mass is 156 g/mol. The van der Waals surface area contributed by atoms with E-state index in [1.807, 2.05) is 0 Å². The summed E-state index contributed by atoms with van der Waals surface area (Å²) in [6.07, 6.45) is 2.79. The van der Waals surface area contributed by atoms with Crippen LogP contribution in [0.3, 0.4) is 0 Å². The lowest BCUT2D eigenvalue weighted by molar-refractivity contribution is -0.123. The molecule has 0 radical (unpaired) electrons. The molecule has 1 rings (SSSR count). The molecule has 0 bridgehead atoms. The maximum Gasteiger partial charge on any atom is 0.220 e. The third-order valence-corrected chi connectivity index (χ3v) is 2.32. The normalized spacial score (nSPS) is 27.8. The number of amides is 1. The lowest BCUT2D eigenvalue weighted by Crippen LogP contribution is -2.44. The summed E-state index contributed by atoms with van der Waals surface area (Å²) in [7, 11) is 0. The standard InChI is InChI=1S/C8H16N2O/c1-6(5-9)7-3-2-4-8(11)10-7/h6-7H,2-5,9H2,1H3,(H,10,11). The van der Waals surface area contributed by atoms with Gasteiger partial charge in [0.2, 0.25) is 5.91 Å². The maximum atomic E-state index is 10.9. The van der Waals surface area contributed by atoms with E-state index < -0.39 is 0 Å². The quantitative estimate of drug-likeness (QED) is 0.602. The number of rotatable bonds is 2. The number of carbonyl (C=O) groups is 1. The Morgan fingerprint density at radius 1 is 1.82 bits per heavy atom. The van der Waals surface area contributed by atoms with Crippen molar-refractivity contribution < 1.29 is 4.79 Å². The Labute approximate surface area is 67.3 Å². The largest absolute Gasteiger partial charge is 0.353 e. The van der Waals surface area contributed by atoms with E-state index in [0.717, 1.165) is 12.8 Å². The highest BCUT2D eigenvalue weighted by atomic mass is 16.1. The second-order valence-corrected chi connectivity index (χ2v) is 3.28. The van der Waals surface area contributed by atoms with Gasteiger partial charge in [-0.25, -0.2) is 0 Å². The fourth-order valence-corrected chi connectivity index (χ4v) is 1.42. The van der Waals surface area contributed by atoms with E-state index in [1.54, 1.807) is 0 Å². The van der Waals surface area contributed by atoms with Gasteiger partial charge in [-0.05, 0) is 25.3 Å². The number of piperidine rings is 1. The number of nitrogens with two attached hydrogens (primary N) is 1. The Balaban J connectivity index is 2.39. The molecule has 3 heteroatoms. The van der Waals surface area contributed by atoms with Gasteiger partial charge in [0.15, 0.2) is 0 Å². The van der Waals surface area contributed by atoms with Gasteiger partial charge in [0.05, 0.1) is 0 Å². The molecule has 3 nitrogen and oxygen atoms in total. The van der Waals surface area contributed by atoms with Crippen molar-refractivity contribution in [3.8, 4) is 0 Å². The zero-order valence-electron chi connectivity index (χ0n) is 6.97. The van der Waals surface area contributed by atoms with Gasteiger partial charge >= 0.3 is 0 Å². The molecule has 2 atom stereocenters. The smallest absolute Gasteiger partial charge is 0.220 e. The fourth-order valence-electron chi connectivity index (χ4n) is 1.42. The molecule has 2 unspecified atom stereocenters. The van der Waals surface area contributed by atoms with E-state index in [0.29, 0.717) is 24.9 Å². The summed E-state index contributed by atoms with van der Waals surface area (Å²) in [5.74, 6) is 0.598. The predicted octanol–water partition coefficient (Wildman–Crippen LogP) is 0.250. The van der Waals surface area contributed by atoms with Gasteiger partial charge in [0.25, 0.3) is 0 Å². The third-order valence-electron chi connectivity index (χ3n) is 2.32. The summed E-state index contributed by atoms with van der Waals surface area (Å²) in [6, 6.07) is 0.321. The Hall–Kier alpha value is -0.570. The molecule has 0 aromatic rings. The first-order valence-electron chi connectivity index (χ1n) is 4.23. The molecule has 1 fully saturated rings. The van der Waals surface area contributed by atoms with E-state index in [9.17, 15) is 4.79 Å². The van der Waals surface area contributed by atoms with Crippen LogP contribution < -0.4 is 11.1 Å². The minimum atomic E-state index is 0.182. The molecule has 0 saturated carbocycles. The molecule has 1 heterocycles. The van der Waals surface area contributed by atoms with Crippen molar-refractivity contribution in [2.45, 2.75) is 32.2 Å². The summed E-state index contributed by atoms with van der Waals surface area (Å²) in [4.78, 5) is 10.9. The SMILES string of the molecule is CC(CN)C1CCCC(=O)N1. The van der Waals surface area contributed by atoms with E-state index in [2.05, 4.69) is 12.2 Å². The Kier molecular flexibility index (Phi) is 2.88. The number of hydrogen-bond donors (Lipinski definition) is 2. The molecule has 0 aromatic heterocycles. The van der Waals surface area contributed by atoms with Crippen molar-refractivity contribution in [2.75, 3.05) is 6.54 Å². The highest BCUT2D eigenvalue weighted by molar-refractivity contribution is 5.76. The van der Waals surface area contributed by atoms with Crippen LogP contribution in [-0.2, 0) is 4.79 Å². The highest BCUT2D eigenvalue weighted by Crippen LogP contribution is 2.14. The first-order valence-corrected chi connectivity index (χ1v) is 4.23. The van der Waals surface area contributed by atoms with E-state index >= 15 is 0 Å². The molecule has 11 heavy (non-hydrogen) atoms. The van der Waals surface area contributed by atoms with Crippen LogP contribution in [0.25, 0.3) is 0 Å². The Bertz CT molecular complexity index is 147. The van der Waals surface area contributed by atoms with E-state index in [1.165, 1.54) is 0 Å². The van der Waals surface area contributed by atoms with Gasteiger partial charge in [-0.2, -0.15) is 0 Å². The Morgan fingerprint density at radius 3 is 3.09 bits per heavy atom. The Morgan fingerprint density at radius 2 is 2.55 bits per heavy atom. The average Bonchev–Trinajstić information content (AvgIpc) is 2.03. The van der Waals surface area contributed by atoms with Crippen LogP contribution in [0.5, 0.6) is 0 Å². The number of hydrogen-bond acceptors (Lipinski definition) is 2. The van der Waals surface area contributed by atoms with Crippen molar-refractivity contribution in [2.24, 2.45) is 11.7 Å². The molecule has 1 saturated heterocycles. The van der Waals surface area contributed by atoms with Crippen molar-refractivity contribution in [1.82, 2.24) is 5.32 Å². The van der Waals surface area contributed by atoms with Crippen LogP contribution in [0.4, 0.5) is 0 Å². The maximum absolute atomic E-state index is 10.9. The lowest BCUT2D eigenvalue weighted by Gasteiger charge is -2.27. The molecule has 64 valence electrons. The third kappa shape index (κ3) is 2.19. The van der Waals surface area contributed by atoms with Crippen molar-refractivity contribution in [1.29, 1.82) is 0 Å². The van der Waals surface area contributed by atoms with Gasteiger partial charge < -0.3 is 11.1 Å².